The Morgan fingerprint density at radius 2 is 2.08 bits per heavy atom. The normalized spacial score (nSPS) is 15.7. The Kier molecular flexibility index (Phi) is 5.98. The Morgan fingerprint density at radius 3 is 2.92 bits per heavy atom. The lowest BCUT2D eigenvalue weighted by molar-refractivity contribution is -0.121. The highest BCUT2D eigenvalue weighted by Crippen LogP contribution is 2.13. The summed E-state index contributed by atoms with van der Waals surface area (Å²) in [6, 6.07) is 1.78. The highest BCUT2D eigenvalue weighted by atomic mass is 32.1. The van der Waals surface area contributed by atoms with Crippen molar-refractivity contribution >= 4 is 27.5 Å². The maximum absolute atomic E-state index is 12.2. The van der Waals surface area contributed by atoms with E-state index >= 15 is 0 Å². The molecular weight excluding hydrogens is 324 g/mol. The average Bonchev–Trinajstić information content (AvgIpc) is 3.09. The Hall–Kier alpha value is -1.73. The number of nitrogens with one attached hydrogen (secondary N) is 1. The van der Waals surface area contributed by atoms with Crippen LogP contribution in [0.1, 0.15) is 32.1 Å². The molecule has 130 valence electrons. The fourth-order valence-electron chi connectivity index (χ4n) is 3.08. The van der Waals surface area contributed by atoms with Gasteiger partial charge in [-0.2, -0.15) is 0 Å². The van der Waals surface area contributed by atoms with Gasteiger partial charge in [-0.1, -0.05) is 6.42 Å². The SMILES string of the molecule is O=C(CCn1cnc2sccc2c1=O)NCCCN1CCCCC1. The lowest BCUT2D eigenvalue weighted by Crippen LogP contribution is -2.33. The van der Waals surface area contributed by atoms with Crippen LogP contribution in [0.4, 0.5) is 0 Å². The standard InChI is InChI=1S/C17H24N4O2S/c22-15(18-7-4-10-20-8-2-1-3-9-20)5-11-21-13-19-16-14(17(21)23)6-12-24-16/h6,12-13H,1-5,7-11H2,(H,18,22). The van der Waals surface area contributed by atoms with E-state index in [1.165, 1.54) is 54.6 Å². The first-order valence-electron chi connectivity index (χ1n) is 8.66. The van der Waals surface area contributed by atoms with E-state index in [4.69, 9.17) is 0 Å². The second-order valence-corrected chi connectivity index (χ2v) is 7.13. The zero-order chi connectivity index (χ0) is 16.8. The zero-order valence-corrected chi connectivity index (χ0v) is 14.7. The van der Waals surface area contributed by atoms with Crippen molar-refractivity contribution in [1.82, 2.24) is 19.8 Å². The van der Waals surface area contributed by atoms with Crippen LogP contribution in [-0.2, 0) is 11.3 Å². The number of rotatable bonds is 7. The molecule has 1 saturated heterocycles. The fourth-order valence-corrected chi connectivity index (χ4v) is 3.80. The van der Waals surface area contributed by atoms with E-state index in [-0.39, 0.29) is 11.5 Å². The minimum absolute atomic E-state index is 0.00837. The molecule has 0 saturated carbocycles. The summed E-state index contributed by atoms with van der Waals surface area (Å²) in [5, 5.41) is 5.43. The van der Waals surface area contributed by atoms with Gasteiger partial charge in [0.15, 0.2) is 0 Å². The number of aryl methyl sites for hydroxylation is 1. The number of likely N-dealkylation sites (tertiary alicyclic amines) is 1. The lowest BCUT2D eigenvalue weighted by atomic mass is 10.1. The molecule has 0 aliphatic carbocycles. The summed E-state index contributed by atoms with van der Waals surface area (Å²) in [6.45, 7) is 4.50. The van der Waals surface area contributed by atoms with Gasteiger partial charge in [-0.3, -0.25) is 14.2 Å². The van der Waals surface area contributed by atoms with Crippen LogP contribution >= 0.6 is 11.3 Å². The van der Waals surface area contributed by atoms with Crippen LogP contribution < -0.4 is 10.9 Å². The van der Waals surface area contributed by atoms with Crippen molar-refractivity contribution in [2.24, 2.45) is 0 Å². The summed E-state index contributed by atoms with van der Waals surface area (Å²) >= 11 is 1.45. The molecule has 0 atom stereocenters. The molecule has 3 rings (SSSR count). The third-order valence-corrected chi connectivity index (χ3v) is 5.27. The number of fused-ring (bicyclic) bond motifs is 1. The van der Waals surface area contributed by atoms with Crippen LogP contribution in [0.3, 0.4) is 0 Å². The Balaban J connectivity index is 1.38. The number of nitrogens with zero attached hydrogens (tertiary/aromatic N) is 3. The van der Waals surface area contributed by atoms with E-state index in [0.717, 1.165) is 17.8 Å². The molecule has 1 amide bonds. The van der Waals surface area contributed by atoms with E-state index in [1.54, 1.807) is 6.07 Å². The quantitative estimate of drug-likeness (QED) is 0.776. The Bertz CT molecular complexity index is 734. The highest BCUT2D eigenvalue weighted by Gasteiger charge is 2.10. The van der Waals surface area contributed by atoms with Gasteiger partial charge in [-0.05, 0) is 50.3 Å². The van der Waals surface area contributed by atoms with Gasteiger partial charge in [-0.15, -0.1) is 11.3 Å². The molecule has 0 spiro atoms. The first-order chi connectivity index (χ1) is 11.7. The minimum atomic E-state index is -0.0702. The summed E-state index contributed by atoms with van der Waals surface area (Å²) in [7, 11) is 0. The van der Waals surface area contributed by atoms with Gasteiger partial charge >= 0.3 is 0 Å². The predicted molar refractivity (Wildman–Crippen MR) is 96.4 cm³/mol. The maximum atomic E-state index is 12.2. The van der Waals surface area contributed by atoms with E-state index in [2.05, 4.69) is 15.2 Å². The lowest BCUT2D eigenvalue weighted by Gasteiger charge is -2.26. The predicted octanol–water partition coefficient (Wildman–Crippen LogP) is 1.84. The van der Waals surface area contributed by atoms with Crippen molar-refractivity contribution in [1.29, 1.82) is 0 Å². The van der Waals surface area contributed by atoms with Crippen LogP contribution in [0.25, 0.3) is 10.2 Å². The number of aromatic nitrogens is 2. The van der Waals surface area contributed by atoms with E-state index < -0.39 is 0 Å². The van der Waals surface area contributed by atoms with Gasteiger partial charge in [0, 0.05) is 19.5 Å². The summed E-state index contributed by atoms with van der Waals surface area (Å²) in [5.41, 5.74) is -0.0702. The molecule has 24 heavy (non-hydrogen) atoms. The van der Waals surface area contributed by atoms with Gasteiger partial charge in [0.05, 0.1) is 11.7 Å². The fraction of sp³-hybridized carbons (Fsp3) is 0.588. The number of carbonyl (C=O) groups is 1. The molecule has 0 radical (unpaired) electrons. The van der Waals surface area contributed by atoms with Gasteiger partial charge in [0.2, 0.25) is 5.91 Å². The Morgan fingerprint density at radius 1 is 1.25 bits per heavy atom. The molecule has 2 aromatic heterocycles. The number of amides is 1. The molecule has 0 unspecified atom stereocenters. The monoisotopic (exact) mass is 348 g/mol. The third-order valence-electron chi connectivity index (χ3n) is 4.45. The first-order valence-corrected chi connectivity index (χ1v) is 9.54. The third kappa shape index (κ3) is 4.42. The summed E-state index contributed by atoms with van der Waals surface area (Å²) in [6.07, 6.45) is 6.76. The van der Waals surface area contributed by atoms with Crippen molar-refractivity contribution in [3.8, 4) is 0 Å². The molecule has 3 heterocycles. The van der Waals surface area contributed by atoms with Crippen LogP contribution in [-0.4, -0.2) is 46.5 Å². The molecule has 1 N–H and O–H groups in total. The number of hydrogen-bond donors (Lipinski definition) is 1. The average molecular weight is 348 g/mol. The molecule has 1 fully saturated rings. The molecule has 6 nitrogen and oxygen atoms in total. The van der Waals surface area contributed by atoms with Crippen molar-refractivity contribution in [2.45, 2.75) is 38.6 Å². The largest absolute Gasteiger partial charge is 0.356 e. The van der Waals surface area contributed by atoms with Crippen LogP contribution in [0.5, 0.6) is 0 Å². The second-order valence-electron chi connectivity index (χ2n) is 6.24. The summed E-state index contributed by atoms with van der Waals surface area (Å²) < 4.78 is 1.52. The summed E-state index contributed by atoms with van der Waals surface area (Å²) in [4.78, 5) is 31.6. The molecule has 0 aromatic carbocycles. The summed E-state index contributed by atoms with van der Waals surface area (Å²) in [5.74, 6) is -0.00837. The molecule has 0 bridgehead atoms. The van der Waals surface area contributed by atoms with E-state index in [0.29, 0.717) is 24.9 Å². The van der Waals surface area contributed by atoms with Gasteiger partial charge in [0.25, 0.3) is 5.56 Å². The molecule has 1 aliphatic rings. The van der Waals surface area contributed by atoms with Gasteiger partial charge in [-0.25, -0.2) is 4.98 Å². The second kappa shape index (κ2) is 8.39. The molecule has 7 heteroatoms. The van der Waals surface area contributed by atoms with Crippen molar-refractivity contribution in [2.75, 3.05) is 26.2 Å². The maximum Gasteiger partial charge on any atom is 0.262 e. The van der Waals surface area contributed by atoms with Crippen LogP contribution in [0, 0.1) is 0 Å². The van der Waals surface area contributed by atoms with E-state index in [9.17, 15) is 9.59 Å². The minimum Gasteiger partial charge on any atom is -0.356 e. The zero-order valence-electron chi connectivity index (χ0n) is 13.9. The highest BCUT2D eigenvalue weighted by molar-refractivity contribution is 7.16. The number of thiophene rings is 1. The van der Waals surface area contributed by atoms with Crippen LogP contribution in [0.15, 0.2) is 22.6 Å². The van der Waals surface area contributed by atoms with E-state index in [1.807, 2.05) is 5.38 Å². The number of piperidine rings is 1. The Labute approximate surface area is 145 Å². The van der Waals surface area contributed by atoms with Crippen molar-refractivity contribution in [3.05, 3.63) is 28.1 Å². The first kappa shape index (κ1) is 17.1. The molecule has 2 aromatic rings. The van der Waals surface area contributed by atoms with Crippen molar-refractivity contribution < 1.29 is 4.79 Å². The van der Waals surface area contributed by atoms with Gasteiger partial charge in [0.1, 0.15) is 4.83 Å². The van der Waals surface area contributed by atoms with Crippen molar-refractivity contribution in [3.63, 3.8) is 0 Å². The molecular formula is C17H24N4O2S. The number of carbonyl (C=O) groups excluding carboxylic acids is 1. The van der Waals surface area contributed by atoms with Gasteiger partial charge < -0.3 is 10.2 Å². The molecule has 1 aliphatic heterocycles. The smallest absolute Gasteiger partial charge is 0.262 e. The van der Waals surface area contributed by atoms with Crippen LogP contribution in [0.2, 0.25) is 0 Å². The topological polar surface area (TPSA) is 67.2 Å². The number of hydrogen-bond acceptors (Lipinski definition) is 5.